The number of nitrogens with zero attached hydrogens (tertiary/aromatic N) is 2. The van der Waals surface area contributed by atoms with Crippen molar-refractivity contribution in [1.82, 2.24) is 5.32 Å². The molecule has 0 spiro atoms. The molecular formula is C12H15N3OS. The molecule has 0 aromatic heterocycles. The first kappa shape index (κ1) is 13.4. The van der Waals surface area contributed by atoms with Gasteiger partial charge in [0.2, 0.25) is 0 Å². The zero-order chi connectivity index (χ0) is 12.5. The van der Waals surface area contributed by atoms with Crippen molar-refractivity contribution >= 4 is 16.9 Å². The Bertz CT molecular complexity index is 409. The number of thioether (sulfide) groups is 1. The third-order valence-corrected chi connectivity index (χ3v) is 2.79. The number of hydrogen-bond donors (Lipinski definition) is 1. The molecular weight excluding hydrogens is 234 g/mol. The highest BCUT2D eigenvalue weighted by Gasteiger charge is 1.96. The van der Waals surface area contributed by atoms with E-state index in [-0.39, 0.29) is 0 Å². The van der Waals surface area contributed by atoms with Crippen LogP contribution in [0.1, 0.15) is 5.56 Å². The zero-order valence-electron chi connectivity index (χ0n) is 9.93. The average molecular weight is 249 g/mol. The minimum absolute atomic E-state index is 0.654. The highest BCUT2D eigenvalue weighted by Crippen LogP contribution is 2.11. The van der Waals surface area contributed by atoms with Crippen LogP contribution < -0.4 is 10.1 Å². The highest BCUT2D eigenvalue weighted by atomic mass is 32.2. The van der Waals surface area contributed by atoms with E-state index in [4.69, 9.17) is 10.00 Å². The largest absolute Gasteiger partial charge is 0.497 e. The Hall–Kier alpha value is -1.67. The van der Waals surface area contributed by atoms with Gasteiger partial charge in [0.25, 0.3) is 0 Å². The van der Waals surface area contributed by atoms with Crippen molar-refractivity contribution in [3.8, 4) is 11.9 Å². The maximum Gasteiger partial charge on any atom is 0.183 e. The van der Waals surface area contributed by atoms with Crippen LogP contribution in [-0.2, 0) is 6.42 Å². The predicted octanol–water partition coefficient (Wildman–Crippen LogP) is 2.03. The molecule has 1 aromatic rings. The monoisotopic (exact) mass is 249 g/mol. The maximum absolute atomic E-state index is 8.47. The van der Waals surface area contributed by atoms with Crippen LogP contribution in [0.5, 0.6) is 5.75 Å². The van der Waals surface area contributed by atoms with E-state index in [1.807, 2.05) is 36.7 Å². The van der Waals surface area contributed by atoms with Gasteiger partial charge in [-0.25, -0.2) is 0 Å². The number of nitrogens with one attached hydrogen (secondary N) is 1. The van der Waals surface area contributed by atoms with Crippen molar-refractivity contribution in [1.29, 1.82) is 5.26 Å². The summed E-state index contributed by atoms with van der Waals surface area (Å²) in [7, 11) is 1.65. The summed E-state index contributed by atoms with van der Waals surface area (Å²) in [5.74, 6) is 0.855. The van der Waals surface area contributed by atoms with Crippen molar-refractivity contribution in [2.45, 2.75) is 6.42 Å². The van der Waals surface area contributed by atoms with Crippen LogP contribution in [0.15, 0.2) is 29.3 Å². The second-order valence-electron chi connectivity index (χ2n) is 3.23. The Balaban J connectivity index is 2.47. The molecule has 0 aliphatic carbocycles. The molecule has 1 aromatic carbocycles. The van der Waals surface area contributed by atoms with Gasteiger partial charge < -0.3 is 4.74 Å². The summed E-state index contributed by atoms with van der Waals surface area (Å²) in [6.07, 6.45) is 4.60. The Morgan fingerprint density at radius 3 is 2.71 bits per heavy atom. The smallest absolute Gasteiger partial charge is 0.183 e. The van der Waals surface area contributed by atoms with Gasteiger partial charge >= 0.3 is 0 Å². The molecule has 0 bridgehead atoms. The first-order valence-corrected chi connectivity index (χ1v) is 6.39. The van der Waals surface area contributed by atoms with Crippen molar-refractivity contribution in [2.24, 2.45) is 4.99 Å². The van der Waals surface area contributed by atoms with Crippen molar-refractivity contribution < 1.29 is 4.74 Å². The molecule has 0 amide bonds. The van der Waals surface area contributed by atoms with Gasteiger partial charge in [0.1, 0.15) is 5.75 Å². The second kappa shape index (κ2) is 7.58. The van der Waals surface area contributed by atoms with Gasteiger partial charge in [-0.3, -0.25) is 10.3 Å². The van der Waals surface area contributed by atoms with Crippen LogP contribution in [0, 0.1) is 11.5 Å². The maximum atomic E-state index is 8.47. The quantitative estimate of drug-likeness (QED) is 0.384. The lowest BCUT2D eigenvalue weighted by molar-refractivity contribution is 0.414. The molecule has 0 aliphatic heterocycles. The van der Waals surface area contributed by atoms with Crippen LogP contribution in [0.3, 0.4) is 0 Å². The van der Waals surface area contributed by atoms with E-state index in [2.05, 4.69) is 10.3 Å². The molecule has 0 heterocycles. The van der Waals surface area contributed by atoms with Gasteiger partial charge in [-0.15, -0.1) is 0 Å². The van der Waals surface area contributed by atoms with Gasteiger partial charge in [0, 0.05) is 6.54 Å². The van der Waals surface area contributed by atoms with Crippen LogP contribution in [0.2, 0.25) is 0 Å². The summed E-state index contributed by atoms with van der Waals surface area (Å²) >= 11 is 1.43. The molecule has 4 nitrogen and oxygen atoms in total. The van der Waals surface area contributed by atoms with E-state index in [1.54, 1.807) is 7.11 Å². The molecule has 0 saturated heterocycles. The third kappa shape index (κ3) is 4.79. The molecule has 90 valence electrons. The van der Waals surface area contributed by atoms with E-state index in [0.29, 0.717) is 11.7 Å². The lowest BCUT2D eigenvalue weighted by Crippen LogP contribution is -2.13. The summed E-state index contributed by atoms with van der Waals surface area (Å²) in [5.41, 5.74) is 1.20. The normalized spacial score (nSPS) is 10.8. The molecule has 0 radical (unpaired) electrons. The lowest BCUT2D eigenvalue weighted by Gasteiger charge is -2.02. The first-order valence-electron chi connectivity index (χ1n) is 5.16. The van der Waals surface area contributed by atoms with Crippen molar-refractivity contribution in [3.63, 3.8) is 0 Å². The second-order valence-corrected chi connectivity index (χ2v) is 4.02. The molecule has 5 heteroatoms. The topological polar surface area (TPSA) is 57.4 Å². The van der Waals surface area contributed by atoms with Crippen LogP contribution in [-0.4, -0.2) is 25.1 Å². The number of aliphatic imine (C=N–C) groups is 1. The number of amidine groups is 1. The summed E-state index contributed by atoms with van der Waals surface area (Å²) in [6, 6.07) is 7.90. The van der Waals surface area contributed by atoms with E-state index >= 15 is 0 Å². The van der Waals surface area contributed by atoms with Gasteiger partial charge in [-0.2, -0.15) is 5.26 Å². The average Bonchev–Trinajstić information content (AvgIpc) is 2.38. The summed E-state index contributed by atoms with van der Waals surface area (Å²) in [4.78, 5) is 4.28. The van der Waals surface area contributed by atoms with E-state index in [0.717, 1.165) is 12.2 Å². The number of ether oxygens (including phenoxy) is 1. The standard InChI is InChI=1S/C12H15N3OS/c1-16-11-5-3-10(4-6-11)7-8-14-12(17-2)15-9-13/h3-6H,7-8H2,1-2H3,(H,14,15). The third-order valence-electron chi connectivity index (χ3n) is 2.17. The predicted molar refractivity (Wildman–Crippen MR) is 71.3 cm³/mol. The number of benzene rings is 1. The van der Waals surface area contributed by atoms with Crippen molar-refractivity contribution in [3.05, 3.63) is 29.8 Å². The highest BCUT2D eigenvalue weighted by molar-refractivity contribution is 8.13. The van der Waals surface area contributed by atoms with Gasteiger partial charge in [-0.05, 0) is 30.4 Å². The minimum Gasteiger partial charge on any atom is -0.497 e. The number of nitriles is 1. The Kier molecular flexibility index (Phi) is 5.97. The first-order chi connectivity index (χ1) is 8.30. The molecule has 0 aliphatic rings. The molecule has 0 atom stereocenters. The lowest BCUT2D eigenvalue weighted by atomic mass is 10.1. The van der Waals surface area contributed by atoms with Crippen molar-refractivity contribution in [2.75, 3.05) is 19.9 Å². The van der Waals surface area contributed by atoms with Gasteiger partial charge in [-0.1, -0.05) is 23.9 Å². The molecule has 1 rings (SSSR count). The molecule has 1 N–H and O–H groups in total. The van der Waals surface area contributed by atoms with Crippen LogP contribution >= 0.6 is 11.8 Å². The van der Waals surface area contributed by atoms with Gasteiger partial charge in [0.15, 0.2) is 11.4 Å². The van der Waals surface area contributed by atoms with E-state index < -0.39 is 0 Å². The number of hydrogen-bond acceptors (Lipinski definition) is 4. The summed E-state index contributed by atoms with van der Waals surface area (Å²) in [5, 5.41) is 11.7. The fraction of sp³-hybridized carbons (Fsp3) is 0.333. The Morgan fingerprint density at radius 1 is 1.47 bits per heavy atom. The Morgan fingerprint density at radius 2 is 2.18 bits per heavy atom. The number of rotatable bonds is 4. The molecule has 0 fully saturated rings. The molecule has 17 heavy (non-hydrogen) atoms. The van der Waals surface area contributed by atoms with Crippen LogP contribution in [0.4, 0.5) is 0 Å². The van der Waals surface area contributed by atoms with E-state index in [1.165, 1.54) is 17.3 Å². The number of methoxy groups -OCH3 is 1. The van der Waals surface area contributed by atoms with Crippen LogP contribution in [0.25, 0.3) is 0 Å². The summed E-state index contributed by atoms with van der Waals surface area (Å²) in [6.45, 7) is 0.664. The fourth-order valence-corrected chi connectivity index (χ4v) is 1.65. The molecule has 0 unspecified atom stereocenters. The SMILES string of the molecule is COc1ccc(CCN=C(NC#N)SC)cc1. The summed E-state index contributed by atoms with van der Waals surface area (Å²) < 4.78 is 5.08. The Labute approximate surface area is 106 Å². The van der Waals surface area contributed by atoms with Gasteiger partial charge in [0.05, 0.1) is 7.11 Å². The van der Waals surface area contributed by atoms with E-state index in [9.17, 15) is 0 Å². The molecule has 0 saturated carbocycles. The minimum atomic E-state index is 0.654. The fourth-order valence-electron chi connectivity index (χ4n) is 1.28. The zero-order valence-corrected chi connectivity index (χ0v) is 10.8.